The van der Waals surface area contributed by atoms with Crippen molar-refractivity contribution in [1.82, 2.24) is 14.5 Å². The van der Waals surface area contributed by atoms with Crippen molar-refractivity contribution in [3.8, 4) is 17.3 Å². The Morgan fingerprint density at radius 3 is 2.81 bits per heavy atom. The molecule has 2 aromatic heterocycles. The summed E-state index contributed by atoms with van der Waals surface area (Å²) in [6.45, 7) is 0.656. The Hall–Kier alpha value is -2.94. The second-order valence-corrected chi connectivity index (χ2v) is 4.72. The molecule has 6 nitrogen and oxygen atoms in total. The first kappa shape index (κ1) is 13.1. The van der Waals surface area contributed by atoms with Crippen LogP contribution in [0.2, 0.25) is 0 Å². The summed E-state index contributed by atoms with van der Waals surface area (Å²) in [7, 11) is 1.66. The molecule has 0 unspecified atom stereocenters. The van der Waals surface area contributed by atoms with Crippen molar-refractivity contribution < 1.29 is 0 Å². The van der Waals surface area contributed by atoms with Gasteiger partial charge in [-0.2, -0.15) is 5.26 Å². The zero-order chi connectivity index (χ0) is 14.8. The van der Waals surface area contributed by atoms with Crippen molar-refractivity contribution in [2.45, 2.75) is 6.42 Å². The highest BCUT2D eigenvalue weighted by Gasteiger charge is 2.21. The molecule has 1 aliphatic rings. The number of anilines is 1. The summed E-state index contributed by atoms with van der Waals surface area (Å²) in [5.41, 5.74) is 1.78. The van der Waals surface area contributed by atoms with Crippen LogP contribution in [-0.2, 0) is 7.05 Å². The topological polar surface area (TPSA) is 74.8 Å². The van der Waals surface area contributed by atoms with Crippen LogP contribution in [0.25, 0.3) is 11.3 Å². The number of nitriles is 1. The predicted octanol–water partition coefficient (Wildman–Crippen LogP) is 1.46. The molecule has 0 spiro atoms. The molecule has 104 valence electrons. The van der Waals surface area contributed by atoms with Gasteiger partial charge in [-0.1, -0.05) is 0 Å². The molecule has 21 heavy (non-hydrogen) atoms. The maximum absolute atomic E-state index is 12.2. The molecule has 0 aromatic carbocycles. The Labute approximate surface area is 121 Å². The number of hydrogen-bond donors (Lipinski definition) is 0. The minimum atomic E-state index is -0.156. The van der Waals surface area contributed by atoms with Gasteiger partial charge in [-0.05, 0) is 24.6 Å². The molecule has 2 aromatic rings. The van der Waals surface area contributed by atoms with E-state index in [1.807, 2.05) is 6.08 Å². The van der Waals surface area contributed by atoms with E-state index < -0.39 is 0 Å². The van der Waals surface area contributed by atoms with E-state index in [0.717, 1.165) is 12.0 Å². The molecule has 0 saturated carbocycles. The van der Waals surface area contributed by atoms with Gasteiger partial charge in [0, 0.05) is 37.6 Å². The lowest BCUT2D eigenvalue weighted by Gasteiger charge is -2.20. The van der Waals surface area contributed by atoms with Crippen LogP contribution in [0, 0.1) is 11.3 Å². The largest absolute Gasteiger partial charge is 0.303 e. The fraction of sp³-hybridized carbons (Fsp3) is 0.200. The lowest BCUT2D eigenvalue weighted by atomic mass is 10.2. The Kier molecular flexibility index (Phi) is 3.24. The van der Waals surface area contributed by atoms with Crippen molar-refractivity contribution in [2.75, 3.05) is 11.4 Å². The minimum Gasteiger partial charge on any atom is -0.303 e. The molecule has 0 saturated heterocycles. The van der Waals surface area contributed by atoms with Gasteiger partial charge in [-0.25, -0.2) is 4.98 Å². The lowest BCUT2D eigenvalue weighted by molar-refractivity contribution is 0.781. The van der Waals surface area contributed by atoms with Gasteiger partial charge in [0.05, 0.1) is 5.69 Å². The second-order valence-electron chi connectivity index (χ2n) is 4.72. The van der Waals surface area contributed by atoms with E-state index in [4.69, 9.17) is 5.26 Å². The van der Waals surface area contributed by atoms with Gasteiger partial charge in [-0.15, -0.1) is 0 Å². The van der Waals surface area contributed by atoms with Gasteiger partial charge in [0.2, 0.25) is 5.95 Å². The van der Waals surface area contributed by atoms with Crippen LogP contribution in [0.15, 0.2) is 47.2 Å². The number of hydrogen-bond acceptors (Lipinski definition) is 5. The van der Waals surface area contributed by atoms with Gasteiger partial charge in [-0.3, -0.25) is 14.3 Å². The average Bonchev–Trinajstić information content (AvgIpc) is 2.99. The van der Waals surface area contributed by atoms with Gasteiger partial charge in [0.15, 0.2) is 0 Å². The average molecular weight is 279 g/mol. The number of allylic oxidation sites excluding steroid dienone is 1. The van der Waals surface area contributed by atoms with Crippen LogP contribution in [0.4, 0.5) is 5.95 Å². The molecule has 0 radical (unpaired) electrons. The maximum Gasteiger partial charge on any atom is 0.255 e. The van der Waals surface area contributed by atoms with E-state index in [0.29, 0.717) is 23.9 Å². The first-order chi connectivity index (χ1) is 10.2. The van der Waals surface area contributed by atoms with E-state index in [1.54, 1.807) is 36.5 Å². The molecular formula is C15H13N5O. The molecule has 0 bridgehead atoms. The Morgan fingerprint density at radius 2 is 2.10 bits per heavy atom. The minimum absolute atomic E-state index is 0.156. The van der Waals surface area contributed by atoms with Crippen LogP contribution in [0.3, 0.4) is 0 Å². The Balaban J connectivity index is 2.14. The first-order valence-corrected chi connectivity index (χ1v) is 6.57. The number of nitrogens with zero attached hydrogens (tertiary/aromatic N) is 5. The number of aromatic nitrogens is 3. The fourth-order valence-electron chi connectivity index (χ4n) is 2.31. The van der Waals surface area contributed by atoms with Gasteiger partial charge in [0.25, 0.3) is 5.56 Å². The van der Waals surface area contributed by atoms with Gasteiger partial charge in [0.1, 0.15) is 11.8 Å². The highest BCUT2D eigenvalue weighted by molar-refractivity contribution is 5.61. The monoisotopic (exact) mass is 279 g/mol. The highest BCUT2D eigenvalue weighted by Crippen LogP contribution is 2.23. The van der Waals surface area contributed by atoms with Gasteiger partial charge >= 0.3 is 0 Å². The van der Waals surface area contributed by atoms with Crippen molar-refractivity contribution in [3.05, 3.63) is 52.7 Å². The van der Waals surface area contributed by atoms with E-state index >= 15 is 0 Å². The maximum atomic E-state index is 12.2. The molecule has 0 aliphatic carbocycles. The molecule has 1 aliphatic heterocycles. The zero-order valence-corrected chi connectivity index (χ0v) is 11.5. The molecule has 3 rings (SSSR count). The standard InChI is InChI=1S/C15H13N5O/c1-19-14(21)9-13(11-4-6-17-7-5-11)18-15(19)20-8-2-3-12(20)10-16/h3-7,9H,2,8H2,1H3. The summed E-state index contributed by atoms with van der Waals surface area (Å²) in [6.07, 6.45) is 5.94. The molecule has 0 N–H and O–H groups in total. The molecule has 0 fully saturated rings. The third-order valence-electron chi connectivity index (χ3n) is 3.42. The van der Waals surface area contributed by atoms with E-state index in [9.17, 15) is 4.79 Å². The zero-order valence-electron chi connectivity index (χ0n) is 11.5. The summed E-state index contributed by atoms with van der Waals surface area (Å²) in [5, 5.41) is 9.16. The second kappa shape index (κ2) is 5.21. The molecule has 3 heterocycles. The third kappa shape index (κ3) is 2.30. The summed E-state index contributed by atoms with van der Waals surface area (Å²) in [5.74, 6) is 0.486. The molecule has 6 heteroatoms. The smallest absolute Gasteiger partial charge is 0.255 e. The van der Waals surface area contributed by atoms with Crippen LogP contribution >= 0.6 is 0 Å². The van der Waals surface area contributed by atoms with Crippen molar-refractivity contribution in [1.29, 1.82) is 5.26 Å². The summed E-state index contributed by atoms with van der Waals surface area (Å²) < 4.78 is 1.46. The van der Waals surface area contributed by atoms with E-state index in [2.05, 4.69) is 16.0 Å². The first-order valence-electron chi connectivity index (χ1n) is 6.57. The van der Waals surface area contributed by atoms with Crippen LogP contribution in [0.1, 0.15) is 6.42 Å². The predicted molar refractivity (Wildman–Crippen MR) is 78.4 cm³/mol. The highest BCUT2D eigenvalue weighted by atomic mass is 16.1. The van der Waals surface area contributed by atoms with Crippen molar-refractivity contribution in [2.24, 2.45) is 7.05 Å². The van der Waals surface area contributed by atoms with Crippen LogP contribution in [-0.4, -0.2) is 21.1 Å². The lowest BCUT2D eigenvalue weighted by Crippen LogP contribution is -2.29. The number of pyridine rings is 1. The normalized spacial score (nSPS) is 13.9. The SMILES string of the molecule is Cn1c(N2CCC=C2C#N)nc(-c2ccncc2)cc1=O. The molecule has 0 amide bonds. The number of rotatable bonds is 2. The molecular weight excluding hydrogens is 266 g/mol. The third-order valence-corrected chi connectivity index (χ3v) is 3.42. The fourth-order valence-corrected chi connectivity index (χ4v) is 2.31. The molecule has 0 atom stereocenters. The quantitative estimate of drug-likeness (QED) is 0.832. The van der Waals surface area contributed by atoms with Crippen molar-refractivity contribution >= 4 is 5.95 Å². The van der Waals surface area contributed by atoms with E-state index in [-0.39, 0.29) is 5.56 Å². The van der Waals surface area contributed by atoms with Crippen molar-refractivity contribution in [3.63, 3.8) is 0 Å². The van der Waals surface area contributed by atoms with Crippen LogP contribution in [0.5, 0.6) is 0 Å². The summed E-state index contributed by atoms with van der Waals surface area (Å²) in [6, 6.07) is 7.24. The Bertz CT molecular complexity index is 801. The van der Waals surface area contributed by atoms with Gasteiger partial charge < -0.3 is 4.90 Å². The van der Waals surface area contributed by atoms with E-state index in [1.165, 1.54) is 10.6 Å². The summed E-state index contributed by atoms with van der Waals surface area (Å²) in [4.78, 5) is 22.4. The summed E-state index contributed by atoms with van der Waals surface area (Å²) >= 11 is 0. The Morgan fingerprint density at radius 1 is 1.33 bits per heavy atom. The van der Waals surface area contributed by atoms with Crippen LogP contribution < -0.4 is 10.5 Å².